The van der Waals surface area contributed by atoms with Gasteiger partial charge in [-0.15, -0.1) is 0 Å². The van der Waals surface area contributed by atoms with Gasteiger partial charge in [-0.25, -0.2) is 0 Å². The SMILES string of the molecule is COc1ccc(OCCN(C)Cc2nc(-c3ccco3)no2)cc1. The van der Waals surface area contributed by atoms with Crippen LogP contribution in [0, 0.1) is 0 Å². The summed E-state index contributed by atoms with van der Waals surface area (Å²) in [6.07, 6.45) is 1.58. The number of nitrogens with zero attached hydrogens (tertiary/aromatic N) is 3. The minimum atomic E-state index is 0.456. The highest BCUT2D eigenvalue weighted by Gasteiger charge is 2.12. The molecule has 0 spiro atoms. The fraction of sp³-hybridized carbons (Fsp3) is 0.294. The van der Waals surface area contributed by atoms with E-state index in [0.717, 1.165) is 18.0 Å². The van der Waals surface area contributed by atoms with E-state index < -0.39 is 0 Å². The molecule has 3 aromatic rings. The first-order valence-electron chi connectivity index (χ1n) is 7.56. The molecule has 0 aliphatic rings. The molecule has 0 aliphatic carbocycles. The first kappa shape index (κ1) is 16.1. The van der Waals surface area contributed by atoms with Gasteiger partial charge in [-0.05, 0) is 43.4 Å². The molecule has 2 aromatic heterocycles. The third-order valence-corrected chi connectivity index (χ3v) is 3.42. The van der Waals surface area contributed by atoms with E-state index in [0.29, 0.717) is 30.6 Å². The average molecular weight is 329 g/mol. The Morgan fingerprint density at radius 3 is 2.62 bits per heavy atom. The largest absolute Gasteiger partial charge is 0.497 e. The third-order valence-electron chi connectivity index (χ3n) is 3.42. The maximum absolute atomic E-state index is 5.70. The summed E-state index contributed by atoms with van der Waals surface area (Å²) in [5.74, 6) is 3.20. The summed E-state index contributed by atoms with van der Waals surface area (Å²) in [6, 6.07) is 11.1. The summed E-state index contributed by atoms with van der Waals surface area (Å²) in [7, 11) is 3.60. The standard InChI is InChI=1S/C17H19N3O4/c1-20(9-11-22-14-7-5-13(21-2)6-8-14)12-16-18-17(19-24-16)15-4-3-10-23-15/h3-8,10H,9,11-12H2,1-2H3. The molecule has 2 heterocycles. The molecule has 0 fully saturated rings. The van der Waals surface area contributed by atoms with E-state index in [4.69, 9.17) is 18.4 Å². The Morgan fingerprint density at radius 1 is 1.12 bits per heavy atom. The summed E-state index contributed by atoms with van der Waals surface area (Å²) in [6.45, 7) is 1.83. The van der Waals surface area contributed by atoms with Gasteiger partial charge in [0.05, 0.1) is 19.9 Å². The van der Waals surface area contributed by atoms with Gasteiger partial charge in [-0.3, -0.25) is 4.90 Å². The van der Waals surface area contributed by atoms with Crippen LogP contribution in [0.3, 0.4) is 0 Å². The topological polar surface area (TPSA) is 73.8 Å². The average Bonchev–Trinajstić information content (AvgIpc) is 3.27. The molecule has 0 N–H and O–H groups in total. The number of rotatable bonds is 8. The van der Waals surface area contributed by atoms with Crippen LogP contribution in [0.15, 0.2) is 51.6 Å². The van der Waals surface area contributed by atoms with E-state index in [2.05, 4.69) is 10.1 Å². The van der Waals surface area contributed by atoms with Crippen LogP contribution in [0.1, 0.15) is 5.89 Å². The quantitative estimate of drug-likeness (QED) is 0.629. The molecule has 7 heteroatoms. The lowest BCUT2D eigenvalue weighted by Crippen LogP contribution is -2.24. The van der Waals surface area contributed by atoms with E-state index >= 15 is 0 Å². The normalized spacial score (nSPS) is 11.0. The molecule has 7 nitrogen and oxygen atoms in total. The van der Waals surface area contributed by atoms with E-state index in [-0.39, 0.29) is 0 Å². The molecule has 3 rings (SSSR count). The highest BCUT2D eigenvalue weighted by atomic mass is 16.5. The molecule has 0 atom stereocenters. The Hall–Kier alpha value is -2.80. The highest BCUT2D eigenvalue weighted by Crippen LogP contribution is 2.17. The number of likely N-dealkylation sites (N-methyl/N-ethyl adjacent to an activating group) is 1. The van der Waals surface area contributed by atoms with Gasteiger partial charge in [0.2, 0.25) is 11.7 Å². The second-order valence-corrected chi connectivity index (χ2v) is 5.25. The third kappa shape index (κ3) is 4.14. The molecular weight excluding hydrogens is 310 g/mol. The number of methoxy groups -OCH3 is 1. The summed E-state index contributed by atoms with van der Waals surface area (Å²) >= 11 is 0. The first-order valence-corrected chi connectivity index (χ1v) is 7.56. The molecule has 126 valence electrons. The van der Waals surface area contributed by atoms with Crippen LogP contribution in [0.4, 0.5) is 0 Å². The number of furan rings is 1. The molecule has 0 unspecified atom stereocenters. The van der Waals surface area contributed by atoms with Crippen molar-refractivity contribution in [2.45, 2.75) is 6.54 Å². The molecular formula is C17H19N3O4. The zero-order valence-corrected chi connectivity index (χ0v) is 13.6. The molecule has 24 heavy (non-hydrogen) atoms. The minimum absolute atomic E-state index is 0.456. The number of hydrogen-bond acceptors (Lipinski definition) is 7. The molecule has 0 saturated heterocycles. The van der Waals surface area contributed by atoms with Gasteiger partial charge >= 0.3 is 0 Å². The van der Waals surface area contributed by atoms with Crippen LogP contribution in [0.5, 0.6) is 11.5 Å². The fourth-order valence-corrected chi connectivity index (χ4v) is 2.13. The van der Waals surface area contributed by atoms with Crippen LogP contribution in [0.2, 0.25) is 0 Å². The van der Waals surface area contributed by atoms with Crippen molar-refractivity contribution in [2.75, 3.05) is 27.3 Å². The van der Waals surface area contributed by atoms with Crippen LogP contribution < -0.4 is 9.47 Å². The van der Waals surface area contributed by atoms with Crippen molar-refractivity contribution in [3.63, 3.8) is 0 Å². The van der Waals surface area contributed by atoms with Crippen molar-refractivity contribution in [1.29, 1.82) is 0 Å². The van der Waals surface area contributed by atoms with E-state index in [1.54, 1.807) is 25.5 Å². The van der Waals surface area contributed by atoms with Gasteiger partial charge in [0.25, 0.3) is 0 Å². The molecule has 0 bridgehead atoms. The summed E-state index contributed by atoms with van der Waals surface area (Å²) in [4.78, 5) is 6.35. The number of aromatic nitrogens is 2. The monoisotopic (exact) mass is 329 g/mol. The lowest BCUT2D eigenvalue weighted by atomic mass is 10.3. The van der Waals surface area contributed by atoms with Crippen molar-refractivity contribution < 1.29 is 18.4 Å². The second-order valence-electron chi connectivity index (χ2n) is 5.25. The maximum Gasteiger partial charge on any atom is 0.241 e. The number of benzene rings is 1. The van der Waals surface area contributed by atoms with E-state index in [1.807, 2.05) is 36.2 Å². The summed E-state index contributed by atoms with van der Waals surface area (Å²) in [5.41, 5.74) is 0. The van der Waals surface area contributed by atoms with Gasteiger partial charge in [0, 0.05) is 6.54 Å². The van der Waals surface area contributed by atoms with Gasteiger partial charge in [-0.2, -0.15) is 4.98 Å². The molecule has 0 radical (unpaired) electrons. The van der Waals surface area contributed by atoms with Gasteiger partial charge in [0.1, 0.15) is 18.1 Å². The Balaban J connectivity index is 1.44. The Labute approximate surface area is 139 Å². The lowest BCUT2D eigenvalue weighted by molar-refractivity contribution is 0.212. The predicted octanol–water partition coefficient (Wildman–Crippen LogP) is 2.85. The second kappa shape index (κ2) is 7.65. The number of ether oxygens (including phenoxy) is 2. The molecule has 0 aliphatic heterocycles. The highest BCUT2D eigenvalue weighted by molar-refractivity contribution is 5.44. The minimum Gasteiger partial charge on any atom is -0.497 e. The van der Waals surface area contributed by atoms with Crippen molar-refractivity contribution in [3.05, 3.63) is 48.6 Å². The first-order chi connectivity index (χ1) is 11.7. The summed E-state index contributed by atoms with van der Waals surface area (Å²) < 4.78 is 21.3. The van der Waals surface area contributed by atoms with E-state index in [9.17, 15) is 0 Å². The Bertz CT molecular complexity index is 738. The van der Waals surface area contributed by atoms with Gasteiger partial charge in [-0.1, -0.05) is 5.16 Å². The zero-order valence-electron chi connectivity index (χ0n) is 13.6. The molecule has 0 saturated carbocycles. The fourth-order valence-electron chi connectivity index (χ4n) is 2.13. The zero-order chi connectivity index (χ0) is 16.8. The number of hydrogen-bond donors (Lipinski definition) is 0. The van der Waals surface area contributed by atoms with Crippen molar-refractivity contribution in [2.24, 2.45) is 0 Å². The van der Waals surface area contributed by atoms with Crippen molar-refractivity contribution >= 4 is 0 Å². The van der Waals surface area contributed by atoms with Crippen LogP contribution >= 0.6 is 0 Å². The Kier molecular flexibility index (Phi) is 5.12. The van der Waals surface area contributed by atoms with Crippen LogP contribution in [0.25, 0.3) is 11.6 Å². The van der Waals surface area contributed by atoms with Crippen molar-refractivity contribution in [1.82, 2.24) is 15.0 Å². The predicted molar refractivity (Wildman–Crippen MR) is 86.8 cm³/mol. The van der Waals surface area contributed by atoms with Crippen LogP contribution in [-0.2, 0) is 6.54 Å². The van der Waals surface area contributed by atoms with Gasteiger partial charge < -0.3 is 18.4 Å². The lowest BCUT2D eigenvalue weighted by Gasteiger charge is -2.14. The van der Waals surface area contributed by atoms with Crippen LogP contribution in [-0.4, -0.2) is 42.3 Å². The van der Waals surface area contributed by atoms with E-state index in [1.165, 1.54) is 0 Å². The molecule has 1 aromatic carbocycles. The smallest absolute Gasteiger partial charge is 0.241 e. The van der Waals surface area contributed by atoms with Gasteiger partial charge in [0.15, 0.2) is 5.76 Å². The Morgan fingerprint density at radius 2 is 1.92 bits per heavy atom. The molecule has 0 amide bonds. The maximum atomic E-state index is 5.70. The summed E-state index contributed by atoms with van der Waals surface area (Å²) in [5, 5.41) is 3.91. The van der Waals surface area contributed by atoms with Crippen molar-refractivity contribution in [3.8, 4) is 23.1 Å².